The van der Waals surface area contributed by atoms with E-state index in [4.69, 9.17) is 4.74 Å². The number of carbonyl (C=O) groups is 1. The molecule has 0 saturated heterocycles. The van der Waals surface area contributed by atoms with Crippen LogP contribution in [0, 0.1) is 25.2 Å². The van der Waals surface area contributed by atoms with Gasteiger partial charge in [-0.25, -0.2) is 4.79 Å². The van der Waals surface area contributed by atoms with Gasteiger partial charge in [0.05, 0.1) is 5.56 Å². The van der Waals surface area contributed by atoms with E-state index in [0.717, 1.165) is 16.8 Å². The van der Waals surface area contributed by atoms with Gasteiger partial charge in [0.2, 0.25) is 0 Å². The van der Waals surface area contributed by atoms with E-state index in [0.29, 0.717) is 17.1 Å². The van der Waals surface area contributed by atoms with E-state index in [2.05, 4.69) is 11.4 Å². The van der Waals surface area contributed by atoms with Gasteiger partial charge in [-0.3, -0.25) is 9.88 Å². The summed E-state index contributed by atoms with van der Waals surface area (Å²) in [5.41, 5.74) is 3.54. The molecule has 1 aromatic heterocycles. The van der Waals surface area contributed by atoms with Crippen molar-refractivity contribution in [1.29, 1.82) is 5.26 Å². The maximum atomic E-state index is 12.3. The van der Waals surface area contributed by atoms with E-state index < -0.39 is 6.09 Å². The summed E-state index contributed by atoms with van der Waals surface area (Å²) in [7, 11) is 0. The largest absolute Gasteiger partial charge is 0.508 e. The lowest BCUT2D eigenvalue weighted by molar-refractivity contribution is 0.155. The Labute approximate surface area is 157 Å². The molecule has 0 aliphatic carbocycles. The number of carbonyl (C=O) groups excluding carboxylic acids is 1. The van der Waals surface area contributed by atoms with Crippen molar-refractivity contribution in [1.82, 2.24) is 4.57 Å². The highest BCUT2D eigenvalue weighted by Crippen LogP contribution is 2.30. The molecule has 0 bridgehead atoms. The molecule has 2 N–H and O–H groups in total. The molecule has 1 heterocycles. The minimum Gasteiger partial charge on any atom is -0.508 e. The van der Waals surface area contributed by atoms with Crippen molar-refractivity contribution in [3.05, 3.63) is 77.0 Å². The predicted molar refractivity (Wildman–Crippen MR) is 102 cm³/mol. The lowest BCUT2D eigenvalue weighted by atomic mass is 10.2. The maximum Gasteiger partial charge on any atom is 0.413 e. The van der Waals surface area contributed by atoms with Crippen LogP contribution in [-0.4, -0.2) is 15.8 Å². The number of phenolic OH excluding ortho intramolecular Hbond substituents is 1. The second kappa shape index (κ2) is 7.67. The number of phenols is 1. The summed E-state index contributed by atoms with van der Waals surface area (Å²) in [5, 5.41) is 21.8. The van der Waals surface area contributed by atoms with E-state index in [1.807, 2.05) is 44.2 Å². The van der Waals surface area contributed by atoms with Gasteiger partial charge < -0.3 is 9.84 Å². The summed E-state index contributed by atoms with van der Waals surface area (Å²) in [5.74, 6) is 0.480. The van der Waals surface area contributed by atoms with Crippen LogP contribution in [0.15, 0.2) is 54.6 Å². The summed E-state index contributed by atoms with van der Waals surface area (Å²) in [6, 6.07) is 18.0. The van der Waals surface area contributed by atoms with Crippen LogP contribution in [0.5, 0.6) is 5.75 Å². The van der Waals surface area contributed by atoms with Gasteiger partial charge in [-0.1, -0.05) is 30.3 Å². The molecular weight excluding hydrogens is 342 g/mol. The summed E-state index contributed by atoms with van der Waals surface area (Å²) in [6.45, 7) is 3.82. The molecule has 0 radical (unpaired) electrons. The molecule has 0 aliphatic rings. The predicted octanol–water partition coefficient (Wildman–Crippen LogP) is 4.42. The van der Waals surface area contributed by atoms with Crippen LogP contribution in [0.3, 0.4) is 0 Å². The summed E-state index contributed by atoms with van der Waals surface area (Å²) in [4.78, 5) is 12.3. The zero-order valence-corrected chi connectivity index (χ0v) is 15.1. The van der Waals surface area contributed by atoms with Crippen LogP contribution in [0.25, 0.3) is 5.69 Å². The number of anilines is 1. The molecule has 1 amide bonds. The monoisotopic (exact) mass is 361 g/mol. The van der Waals surface area contributed by atoms with E-state index in [1.165, 1.54) is 0 Å². The quantitative estimate of drug-likeness (QED) is 0.720. The van der Waals surface area contributed by atoms with Crippen molar-refractivity contribution >= 4 is 11.9 Å². The lowest BCUT2D eigenvalue weighted by Crippen LogP contribution is -2.17. The van der Waals surface area contributed by atoms with Gasteiger partial charge in [0.25, 0.3) is 0 Å². The van der Waals surface area contributed by atoms with Gasteiger partial charge in [0.1, 0.15) is 24.2 Å². The van der Waals surface area contributed by atoms with Gasteiger partial charge in [-0.2, -0.15) is 5.26 Å². The van der Waals surface area contributed by atoms with Crippen LogP contribution in [0.4, 0.5) is 10.6 Å². The number of ether oxygens (including phenoxy) is 1. The molecule has 3 rings (SSSR count). The molecule has 136 valence electrons. The number of amides is 1. The number of hydrogen-bond donors (Lipinski definition) is 2. The second-order valence-electron chi connectivity index (χ2n) is 6.08. The zero-order chi connectivity index (χ0) is 19.4. The molecule has 6 nitrogen and oxygen atoms in total. The fraction of sp³-hybridized carbons (Fsp3) is 0.143. The first kappa shape index (κ1) is 18.1. The van der Waals surface area contributed by atoms with Gasteiger partial charge in [-0.15, -0.1) is 0 Å². The summed E-state index contributed by atoms with van der Waals surface area (Å²) < 4.78 is 7.04. The molecule has 3 aromatic rings. The van der Waals surface area contributed by atoms with Crippen LogP contribution < -0.4 is 5.32 Å². The first-order chi connectivity index (χ1) is 13.0. The summed E-state index contributed by atoms with van der Waals surface area (Å²) >= 11 is 0. The van der Waals surface area contributed by atoms with Crippen LogP contribution >= 0.6 is 0 Å². The van der Waals surface area contributed by atoms with Crippen LogP contribution in [0.2, 0.25) is 0 Å². The highest BCUT2D eigenvalue weighted by atomic mass is 16.5. The fourth-order valence-corrected chi connectivity index (χ4v) is 2.84. The number of nitriles is 1. The average Bonchev–Trinajstić information content (AvgIpc) is 2.91. The van der Waals surface area contributed by atoms with Gasteiger partial charge in [-0.05, 0) is 49.2 Å². The lowest BCUT2D eigenvalue weighted by Gasteiger charge is -2.13. The minimum absolute atomic E-state index is 0.131. The smallest absolute Gasteiger partial charge is 0.413 e. The number of rotatable bonds is 4. The Kier molecular flexibility index (Phi) is 5.13. The van der Waals surface area contributed by atoms with Gasteiger partial charge in [0.15, 0.2) is 0 Å². The van der Waals surface area contributed by atoms with Crippen LogP contribution in [0.1, 0.15) is 22.4 Å². The third kappa shape index (κ3) is 3.77. The average molecular weight is 361 g/mol. The Morgan fingerprint density at radius 2 is 1.81 bits per heavy atom. The number of aromatic nitrogens is 1. The van der Waals surface area contributed by atoms with Gasteiger partial charge in [0, 0.05) is 11.4 Å². The van der Waals surface area contributed by atoms with E-state index >= 15 is 0 Å². The number of benzene rings is 2. The third-order valence-electron chi connectivity index (χ3n) is 4.37. The standard InChI is InChI=1S/C21H19N3O3/c1-14-15(2)24(17-8-10-18(25)11-9-17)20(19(14)12-22)23-21(26)27-13-16-6-4-3-5-7-16/h3-11,25H,13H2,1-2H3,(H,23,26). The molecular formula is C21H19N3O3. The molecule has 27 heavy (non-hydrogen) atoms. The van der Waals surface area contributed by atoms with Crippen LogP contribution in [-0.2, 0) is 11.3 Å². The number of nitrogens with one attached hydrogen (secondary N) is 1. The number of hydrogen-bond acceptors (Lipinski definition) is 4. The van der Waals surface area contributed by atoms with Crippen molar-refractivity contribution in [2.24, 2.45) is 0 Å². The normalized spacial score (nSPS) is 10.3. The van der Waals surface area contributed by atoms with Crippen molar-refractivity contribution in [3.63, 3.8) is 0 Å². The van der Waals surface area contributed by atoms with Crippen molar-refractivity contribution in [3.8, 4) is 17.5 Å². The molecule has 0 aliphatic heterocycles. The SMILES string of the molecule is Cc1c(C#N)c(NC(=O)OCc2ccccc2)n(-c2ccc(O)cc2)c1C. The van der Waals surface area contributed by atoms with Crippen molar-refractivity contribution in [2.45, 2.75) is 20.5 Å². The maximum absolute atomic E-state index is 12.3. The van der Waals surface area contributed by atoms with E-state index in [9.17, 15) is 15.2 Å². The molecule has 0 atom stereocenters. The first-order valence-corrected chi connectivity index (χ1v) is 8.40. The highest BCUT2D eigenvalue weighted by molar-refractivity contribution is 5.87. The third-order valence-corrected chi connectivity index (χ3v) is 4.37. The Balaban J connectivity index is 1.89. The Morgan fingerprint density at radius 3 is 2.44 bits per heavy atom. The molecule has 0 spiro atoms. The Bertz CT molecular complexity index is 1000. The Hall–Kier alpha value is -3.72. The van der Waals surface area contributed by atoms with Crippen molar-refractivity contribution < 1.29 is 14.6 Å². The van der Waals surface area contributed by atoms with Gasteiger partial charge >= 0.3 is 6.09 Å². The first-order valence-electron chi connectivity index (χ1n) is 8.40. The molecule has 0 fully saturated rings. The fourth-order valence-electron chi connectivity index (χ4n) is 2.84. The molecule has 0 unspecified atom stereocenters. The minimum atomic E-state index is -0.645. The number of aromatic hydroxyl groups is 1. The zero-order valence-electron chi connectivity index (χ0n) is 15.1. The Morgan fingerprint density at radius 1 is 1.15 bits per heavy atom. The number of nitrogens with zero attached hydrogens (tertiary/aromatic N) is 2. The topological polar surface area (TPSA) is 87.3 Å². The van der Waals surface area contributed by atoms with Crippen molar-refractivity contribution in [2.75, 3.05) is 5.32 Å². The van der Waals surface area contributed by atoms with E-state index in [1.54, 1.807) is 28.8 Å². The van der Waals surface area contributed by atoms with E-state index in [-0.39, 0.29) is 12.4 Å². The molecule has 0 saturated carbocycles. The molecule has 2 aromatic carbocycles. The highest BCUT2D eigenvalue weighted by Gasteiger charge is 2.21. The molecule has 6 heteroatoms. The second-order valence-corrected chi connectivity index (χ2v) is 6.08. The summed E-state index contributed by atoms with van der Waals surface area (Å²) in [6.07, 6.45) is -0.645.